The topological polar surface area (TPSA) is 80.3 Å². The van der Waals surface area contributed by atoms with Crippen LogP contribution in [0.25, 0.3) is 0 Å². The maximum atomic E-state index is 13.4. The third-order valence-corrected chi connectivity index (χ3v) is 9.13. The van der Waals surface area contributed by atoms with Gasteiger partial charge in [-0.1, -0.05) is 78.1 Å². The first-order chi connectivity index (χ1) is 18.2. The number of nitrogens with one attached hydrogen (secondary N) is 1. The van der Waals surface area contributed by atoms with E-state index in [1.165, 1.54) is 38.5 Å². The Labute approximate surface area is 233 Å². The Balaban J connectivity index is 2.15. The summed E-state index contributed by atoms with van der Waals surface area (Å²) in [7, 11) is 0. The minimum atomic E-state index is -0.672. The van der Waals surface area contributed by atoms with Gasteiger partial charge in [0, 0.05) is 43.1 Å². The lowest BCUT2D eigenvalue weighted by Gasteiger charge is -2.36. The molecule has 0 atom stereocenters. The molecule has 2 rings (SSSR count). The van der Waals surface area contributed by atoms with Crippen LogP contribution in [0.5, 0.6) is 0 Å². The lowest BCUT2D eigenvalue weighted by atomic mass is 9.78. The highest BCUT2D eigenvalue weighted by Crippen LogP contribution is 2.32. The van der Waals surface area contributed by atoms with E-state index >= 15 is 0 Å². The summed E-state index contributed by atoms with van der Waals surface area (Å²) in [6, 6.07) is 0. The molecule has 1 amide bonds. The van der Waals surface area contributed by atoms with E-state index in [1.807, 2.05) is 0 Å². The summed E-state index contributed by atoms with van der Waals surface area (Å²) in [6.45, 7) is 5.81. The van der Waals surface area contributed by atoms with Crippen LogP contribution in [0.3, 0.4) is 0 Å². The smallest absolute Gasteiger partial charge is 0.220 e. The Hall–Kier alpha value is -1.52. The summed E-state index contributed by atoms with van der Waals surface area (Å²) in [5, 5.41) is 3.31. The number of Topliss-reactive ketones (excluding diaryl/α,β-unsaturated/α-hetero) is 3. The molecule has 2 aliphatic carbocycles. The van der Waals surface area contributed by atoms with Gasteiger partial charge in [0.15, 0.2) is 0 Å². The van der Waals surface area contributed by atoms with E-state index in [0.29, 0.717) is 62.4 Å². The first kappa shape index (κ1) is 32.7. The van der Waals surface area contributed by atoms with Crippen LogP contribution in [0.2, 0.25) is 0 Å². The van der Waals surface area contributed by atoms with Crippen LogP contribution >= 0.6 is 0 Å². The molecule has 0 aromatic heterocycles. The lowest BCUT2D eigenvalue weighted by Crippen LogP contribution is -2.49. The molecule has 0 spiro atoms. The monoisotopic (exact) mass is 531 g/mol. The maximum absolute atomic E-state index is 13.4. The molecule has 5 heteroatoms. The summed E-state index contributed by atoms with van der Waals surface area (Å²) in [6.07, 6.45) is 19.8. The highest BCUT2D eigenvalue weighted by Gasteiger charge is 2.35. The van der Waals surface area contributed by atoms with E-state index < -0.39 is 5.54 Å². The molecule has 0 saturated heterocycles. The van der Waals surface area contributed by atoms with Crippen molar-refractivity contribution in [1.29, 1.82) is 0 Å². The Bertz CT molecular complexity index is 689. The van der Waals surface area contributed by atoms with Gasteiger partial charge in [0.1, 0.15) is 17.3 Å². The van der Waals surface area contributed by atoms with Gasteiger partial charge in [-0.25, -0.2) is 0 Å². The van der Waals surface area contributed by atoms with Crippen LogP contribution in [-0.4, -0.2) is 28.8 Å². The zero-order chi connectivity index (χ0) is 27.8. The average Bonchev–Trinajstić information content (AvgIpc) is 2.83. The molecular weight excluding hydrogens is 474 g/mol. The van der Waals surface area contributed by atoms with Crippen LogP contribution < -0.4 is 5.32 Å². The number of ketones is 3. The Kier molecular flexibility index (Phi) is 15.4. The molecule has 0 aliphatic heterocycles. The highest BCUT2D eigenvalue weighted by molar-refractivity contribution is 5.83. The number of hydrogen-bond donors (Lipinski definition) is 1. The number of amides is 1. The molecule has 218 valence electrons. The average molecular weight is 532 g/mol. The zero-order valence-electron chi connectivity index (χ0n) is 24.9. The van der Waals surface area contributed by atoms with Gasteiger partial charge >= 0.3 is 0 Å². The van der Waals surface area contributed by atoms with Gasteiger partial charge in [-0.2, -0.15) is 0 Å². The van der Waals surface area contributed by atoms with Crippen molar-refractivity contribution in [1.82, 2.24) is 5.32 Å². The minimum absolute atomic E-state index is 0.0148. The molecule has 2 fully saturated rings. The molecule has 38 heavy (non-hydrogen) atoms. The van der Waals surface area contributed by atoms with Gasteiger partial charge in [0.05, 0.1) is 0 Å². The molecule has 0 unspecified atom stereocenters. The van der Waals surface area contributed by atoms with E-state index in [-0.39, 0.29) is 23.5 Å². The highest BCUT2D eigenvalue weighted by atomic mass is 16.2. The molecule has 0 heterocycles. The summed E-state index contributed by atoms with van der Waals surface area (Å²) in [4.78, 5) is 51.9. The summed E-state index contributed by atoms with van der Waals surface area (Å²) >= 11 is 0. The molecule has 0 bridgehead atoms. The second kappa shape index (κ2) is 17.9. The molecule has 2 aliphatic rings. The summed E-state index contributed by atoms with van der Waals surface area (Å²) in [5.74, 6) is 1.35. The van der Waals surface area contributed by atoms with Crippen molar-refractivity contribution in [3.63, 3.8) is 0 Å². The third kappa shape index (κ3) is 13.0. The fourth-order valence-corrected chi connectivity index (χ4v) is 6.45. The van der Waals surface area contributed by atoms with E-state index in [0.717, 1.165) is 57.8 Å². The molecule has 0 aromatic carbocycles. The molecular formula is C33H57NO4. The van der Waals surface area contributed by atoms with Crippen molar-refractivity contribution in [2.24, 2.45) is 17.8 Å². The number of rotatable bonds is 15. The van der Waals surface area contributed by atoms with E-state index in [1.54, 1.807) is 6.92 Å². The predicted octanol–water partition coefficient (Wildman–Crippen LogP) is 8.07. The van der Waals surface area contributed by atoms with Gasteiger partial charge in [-0.15, -0.1) is 0 Å². The van der Waals surface area contributed by atoms with Crippen LogP contribution in [0, 0.1) is 17.8 Å². The van der Waals surface area contributed by atoms with Gasteiger partial charge in [-0.3, -0.25) is 14.4 Å². The van der Waals surface area contributed by atoms with Crippen molar-refractivity contribution >= 4 is 23.3 Å². The lowest BCUT2D eigenvalue weighted by molar-refractivity contribution is -0.128. The molecule has 0 aromatic rings. The molecule has 5 nitrogen and oxygen atoms in total. The normalized spacial score (nSPS) is 18.7. The van der Waals surface area contributed by atoms with Gasteiger partial charge < -0.3 is 10.1 Å². The van der Waals surface area contributed by atoms with E-state index in [9.17, 15) is 19.2 Å². The fourth-order valence-electron chi connectivity index (χ4n) is 6.45. The molecule has 0 radical (unpaired) electrons. The summed E-state index contributed by atoms with van der Waals surface area (Å²) in [5.41, 5.74) is -0.672. The quantitative estimate of drug-likeness (QED) is 0.232. The van der Waals surface area contributed by atoms with Crippen LogP contribution in [0.15, 0.2) is 0 Å². The fraction of sp³-hybridized carbons (Fsp3) is 0.879. The first-order valence-electron chi connectivity index (χ1n) is 16.1. The van der Waals surface area contributed by atoms with Crippen LogP contribution in [0.1, 0.15) is 162 Å². The van der Waals surface area contributed by atoms with Crippen molar-refractivity contribution in [2.75, 3.05) is 0 Å². The first-order valence-corrected chi connectivity index (χ1v) is 16.1. The van der Waals surface area contributed by atoms with Gasteiger partial charge in [0.25, 0.3) is 0 Å². The standard InChI is InChI=1S/C33H57NO4/c1-26(2)18-19-32(38)34-33(23-20-27(3)35,24-21-30(36)28-14-10-6-4-7-11-15-28)25-22-31(37)29-16-12-8-5-9-13-17-29/h26,28-29H,4-25H2,1-3H3,(H,34,38). The van der Waals surface area contributed by atoms with Crippen molar-refractivity contribution in [2.45, 2.75) is 168 Å². The number of carbonyl (C=O) groups is 4. The van der Waals surface area contributed by atoms with Crippen molar-refractivity contribution < 1.29 is 19.2 Å². The number of carbonyl (C=O) groups excluding carboxylic acids is 4. The van der Waals surface area contributed by atoms with Gasteiger partial charge in [0.2, 0.25) is 5.91 Å². The SMILES string of the molecule is CC(=O)CCC(CCC(=O)C1CCCCCCC1)(CCC(=O)C1CCCCCCC1)NC(=O)CCC(C)C. The van der Waals surface area contributed by atoms with Crippen molar-refractivity contribution in [3.8, 4) is 0 Å². The second-order valence-electron chi connectivity index (χ2n) is 13.0. The molecule has 2 saturated carbocycles. The largest absolute Gasteiger partial charge is 0.351 e. The predicted molar refractivity (Wildman–Crippen MR) is 155 cm³/mol. The maximum Gasteiger partial charge on any atom is 0.220 e. The zero-order valence-corrected chi connectivity index (χ0v) is 24.9. The Morgan fingerprint density at radius 3 is 1.42 bits per heavy atom. The van der Waals surface area contributed by atoms with Crippen LogP contribution in [0.4, 0.5) is 0 Å². The Morgan fingerprint density at radius 1 is 0.632 bits per heavy atom. The Morgan fingerprint density at radius 2 is 1.03 bits per heavy atom. The number of hydrogen-bond acceptors (Lipinski definition) is 4. The third-order valence-electron chi connectivity index (χ3n) is 9.13. The van der Waals surface area contributed by atoms with E-state index in [2.05, 4.69) is 19.2 Å². The van der Waals surface area contributed by atoms with Crippen LogP contribution in [-0.2, 0) is 19.2 Å². The van der Waals surface area contributed by atoms with Gasteiger partial charge in [-0.05, 0) is 64.2 Å². The van der Waals surface area contributed by atoms with E-state index in [4.69, 9.17) is 0 Å². The second-order valence-corrected chi connectivity index (χ2v) is 13.0. The van der Waals surface area contributed by atoms with Crippen molar-refractivity contribution in [3.05, 3.63) is 0 Å². The minimum Gasteiger partial charge on any atom is -0.351 e. The summed E-state index contributed by atoms with van der Waals surface area (Å²) < 4.78 is 0. The molecule has 1 N–H and O–H groups in total.